The van der Waals surface area contributed by atoms with Crippen LogP contribution >= 0.6 is 11.6 Å². The van der Waals surface area contributed by atoms with Gasteiger partial charge in [-0.05, 0) is 13.3 Å². The molecule has 1 aromatic rings. The Morgan fingerprint density at radius 3 is 2.53 bits per heavy atom. The van der Waals surface area contributed by atoms with Crippen LogP contribution in [0.2, 0.25) is 0 Å². The Kier molecular flexibility index (Phi) is 6.22. The van der Waals surface area contributed by atoms with Crippen LogP contribution in [0.4, 0.5) is 5.95 Å². The van der Waals surface area contributed by atoms with Crippen molar-refractivity contribution in [3.8, 4) is 0 Å². The van der Waals surface area contributed by atoms with E-state index in [1.165, 1.54) is 0 Å². The fourth-order valence-corrected chi connectivity index (χ4v) is 1.63. The molecule has 0 saturated heterocycles. The first kappa shape index (κ1) is 14.2. The van der Waals surface area contributed by atoms with Crippen LogP contribution in [0.5, 0.6) is 0 Å². The number of rotatable bonds is 7. The molecule has 1 rings (SSSR count). The number of methoxy groups -OCH3 is 1. The smallest absolute Gasteiger partial charge is 0.225 e. The van der Waals surface area contributed by atoms with Gasteiger partial charge < -0.3 is 9.64 Å². The first-order valence-electron chi connectivity index (χ1n) is 5.85. The van der Waals surface area contributed by atoms with Gasteiger partial charge in [0, 0.05) is 37.7 Å². The van der Waals surface area contributed by atoms with Crippen molar-refractivity contribution >= 4 is 17.5 Å². The number of hydrogen-bond donors (Lipinski definition) is 0. The van der Waals surface area contributed by atoms with E-state index < -0.39 is 0 Å². The lowest BCUT2D eigenvalue weighted by Crippen LogP contribution is -2.36. The Morgan fingerprint density at radius 1 is 1.41 bits per heavy atom. The Bertz CT molecular complexity index is 318. The van der Waals surface area contributed by atoms with Crippen molar-refractivity contribution in [3.05, 3.63) is 18.0 Å². The Labute approximate surface area is 108 Å². The fourth-order valence-electron chi connectivity index (χ4n) is 1.49. The summed E-state index contributed by atoms with van der Waals surface area (Å²) in [5, 5.41) is 0. The number of ether oxygens (including phenoxy) is 1. The second kappa shape index (κ2) is 7.45. The minimum Gasteiger partial charge on any atom is -0.383 e. The lowest BCUT2D eigenvalue weighted by atomic mass is 10.2. The predicted octanol–water partition coefficient (Wildman–Crippen LogP) is 2.47. The van der Waals surface area contributed by atoms with Crippen molar-refractivity contribution in [1.82, 2.24) is 9.97 Å². The van der Waals surface area contributed by atoms with Crippen molar-refractivity contribution in [2.75, 3.05) is 25.2 Å². The van der Waals surface area contributed by atoms with Crippen LogP contribution in [-0.2, 0) is 10.6 Å². The van der Waals surface area contributed by atoms with Crippen molar-refractivity contribution in [2.45, 2.75) is 32.2 Å². The van der Waals surface area contributed by atoms with Crippen LogP contribution in [0.3, 0.4) is 0 Å². The number of alkyl halides is 1. The zero-order valence-electron chi connectivity index (χ0n) is 10.7. The number of aromatic nitrogens is 2. The van der Waals surface area contributed by atoms with Crippen molar-refractivity contribution in [1.29, 1.82) is 0 Å². The molecule has 0 bridgehead atoms. The zero-order valence-corrected chi connectivity index (χ0v) is 11.4. The quantitative estimate of drug-likeness (QED) is 0.704. The van der Waals surface area contributed by atoms with Gasteiger partial charge in [0.1, 0.15) is 0 Å². The molecule has 17 heavy (non-hydrogen) atoms. The molecule has 0 N–H and O–H groups in total. The molecule has 0 aliphatic rings. The van der Waals surface area contributed by atoms with Gasteiger partial charge in [-0.2, -0.15) is 0 Å². The van der Waals surface area contributed by atoms with Gasteiger partial charge in [0.25, 0.3) is 0 Å². The van der Waals surface area contributed by atoms with Crippen LogP contribution in [-0.4, -0.2) is 36.3 Å². The molecule has 1 heterocycles. The van der Waals surface area contributed by atoms with Crippen LogP contribution in [0.15, 0.2) is 12.4 Å². The first-order chi connectivity index (χ1) is 8.22. The Balaban J connectivity index is 2.79. The molecule has 1 unspecified atom stereocenters. The van der Waals surface area contributed by atoms with Gasteiger partial charge in [-0.1, -0.05) is 6.92 Å². The van der Waals surface area contributed by atoms with E-state index >= 15 is 0 Å². The van der Waals surface area contributed by atoms with Gasteiger partial charge in [-0.15, -0.1) is 11.6 Å². The van der Waals surface area contributed by atoms with E-state index in [-0.39, 0.29) is 0 Å². The highest BCUT2D eigenvalue weighted by atomic mass is 35.5. The SMILES string of the molecule is CCC(C)N(CCOC)c1ncc(CCl)cn1. The number of hydrogen-bond acceptors (Lipinski definition) is 4. The maximum absolute atomic E-state index is 5.72. The lowest BCUT2D eigenvalue weighted by Gasteiger charge is -2.28. The van der Waals surface area contributed by atoms with Crippen LogP contribution in [0.1, 0.15) is 25.8 Å². The predicted molar refractivity (Wildman–Crippen MR) is 70.6 cm³/mol. The average Bonchev–Trinajstić information content (AvgIpc) is 2.39. The summed E-state index contributed by atoms with van der Waals surface area (Å²) < 4.78 is 5.12. The summed E-state index contributed by atoms with van der Waals surface area (Å²) in [6.45, 7) is 5.78. The highest BCUT2D eigenvalue weighted by molar-refractivity contribution is 6.17. The maximum Gasteiger partial charge on any atom is 0.225 e. The molecule has 0 aromatic carbocycles. The summed E-state index contributed by atoms with van der Waals surface area (Å²) in [5.41, 5.74) is 0.936. The largest absolute Gasteiger partial charge is 0.383 e. The third-order valence-electron chi connectivity index (χ3n) is 2.76. The van der Waals surface area contributed by atoms with E-state index in [0.717, 1.165) is 24.5 Å². The molecule has 1 aromatic heterocycles. The molecule has 0 aliphatic heterocycles. The molecule has 0 radical (unpaired) electrons. The Morgan fingerprint density at radius 2 is 2.06 bits per heavy atom. The molecule has 1 atom stereocenters. The van der Waals surface area contributed by atoms with E-state index in [4.69, 9.17) is 16.3 Å². The van der Waals surface area contributed by atoms with E-state index in [9.17, 15) is 0 Å². The van der Waals surface area contributed by atoms with Gasteiger partial charge in [0.05, 0.1) is 12.5 Å². The summed E-state index contributed by atoms with van der Waals surface area (Å²) in [7, 11) is 1.70. The summed E-state index contributed by atoms with van der Waals surface area (Å²) in [4.78, 5) is 10.8. The van der Waals surface area contributed by atoms with Gasteiger partial charge in [-0.25, -0.2) is 9.97 Å². The molecular weight excluding hydrogens is 238 g/mol. The molecule has 5 heteroatoms. The summed E-state index contributed by atoms with van der Waals surface area (Å²) in [6, 6.07) is 0.395. The van der Waals surface area contributed by atoms with Gasteiger partial charge >= 0.3 is 0 Å². The van der Waals surface area contributed by atoms with Gasteiger partial charge in [-0.3, -0.25) is 0 Å². The second-order valence-corrected chi connectivity index (χ2v) is 4.24. The van der Waals surface area contributed by atoms with E-state index in [1.54, 1.807) is 19.5 Å². The third-order valence-corrected chi connectivity index (χ3v) is 3.07. The van der Waals surface area contributed by atoms with Gasteiger partial charge in [0.2, 0.25) is 5.95 Å². The topological polar surface area (TPSA) is 38.2 Å². The lowest BCUT2D eigenvalue weighted by molar-refractivity contribution is 0.203. The average molecular weight is 258 g/mol. The van der Waals surface area contributed by atoms with Crippen LogP contribution in [0.25, 0.3) is 0 Å². The number of nitrogens with zero attached hydrogens (tertiary/aromatic N) is 3. The maximum atomic E-state index is 5.72. The van der Waals surface area contributed by atoms with E-state index in [2.05, 4.69) is 28.7 Å². The third kappa shape index (κ3) is 4.13. The summed E-state index contributed by atoms with van der Waals surface area (Å²) >= 11 is 5.72. The minimum atomic E-state index is 0.395. The zero-order chi connectivity index (χ0) is 12.7. The minimum absolute atomic E-state index is 0.395. The molecule has 0 aliphatic carbocycles. The first-order valence-corrected chi connectivity index (χ1v) is 6.38. The van der Waals surface area contributed by atoms with Crippen molar-refractivity contribution in [3.63, 3.8) is 0 Å². The number of anilines is 1. The molecule has 0 saturated carbocycles. The molecule has 4 nitrogen and oxygen atoms in total. The van der Waals surface area contributed by atoms with E-state index in [0.29, 0.717) is 18.5 Å². The monoisotopic (exact) mass is 257 g/mol. The highest BCUT2D eigenvalue weighted by Gasteiger charge is 2.15. The molecule has 0 amide bonds. The normalized spacial score (nSPS) is 12.5. The fraction of sp³-hybridized carbons (Fsp3) is 0.667. The second-order valence-electron chi connectivity index (χ2n) is 3.97. The van der Waals surface area contributed by atoms with E-state index in [1.807, 2.05) is 0 Å². The van der Waals surface area contributed by atoms with Gasteiger partial charge in [0.15, 0.2) is 0 Å². The van der Waals surface area contributed by atoms with Crippen LogP contribution < -0.4 is 4.90 Å². The Hall–Kier alpha value is -0.870. The number of halogens is 1. The van der Waals surface area contributed by atoms with Crippen molar-refractivity contribution in [2.24, 2.45) is 0 Å². The molecular formula is C12H20ClN3O. The van der Waals surface area contributed by atoms with Crippen LogP contribution in [0, 0.1) is 0 Å². The standard InChI is InChI=1S/C12H20ClN3O/c1-4-10(2)16(5-6-17-3)12-14-8-11(7-13)9-15-12/h8-10H,4-7H2,1-3H3. The van der Waals surface area contributed by atoms with Crippen molar-refractivity contribution < 1.29 is 4.74 Å². The molecule has 96 valence electrons. The summed E-state index contributed by atoms with van der Waals surface area (Å²) in [5.74, 6) is 1.19. The molecule has 0 fully saturated rings. The molecule has 0 spiro atoms. The summed E-state index contributed by atoms with van der Waals surface area (Å²) in [6.07, 6.45) is 4.60. The highest BCUT2D eigenvalue weighted by Crippen LogP contribution is 2.13.